The van der Waals surface area contributed by atoms with Crippen LogP contribution in [0, 0.1) is 0 Å². The Hall–Kier alpha value is -2.67. The van der Waals surface area contributed by atoms with Gasteiger partial charge in [0.15, 0.2) is 5.82 Å². The molecular formula is C18H17ClN4O3. The van der Waals surface area contributed by atoms with Gasteiger partial charge in [0.05, 0.1) is 0 Å². The molecule has 0 bridgehead atoms. The maximum absolute atomic E-state index is 12.5. The number of halogens is 1. The molecule has 2 aromatic heterocycles. The largest absolute Gasteiger partial charge is 0.337 e. The number of hydrogen-bond acceptors (Lipinski definition) is 5. The van der Waals surface area contributed by atoms with Crippen LogP contribution in [0.1, 0.15) is 35.0 Å². The molecule has 4 rings (SSSR count). The molecule has 0 saturated carbocycles. The highest BCUT2D eigenvalue weighted by molar-refractivity contribution is 6.30. The van der Waals surface area contributed by atoms with Crippen molar-refractivity contribution in [2.75, 3.05) is 0 Å². The summed E-state index contributed by atoms with van der Waals surface area (Å²) in [4.78, 5) is 31.7. The number of aromatic nitrogens is 4. The Kier molecular flexibility index (Phi) is 4.46. The van der Waals surface area contributed by atoms with Crippen LogP contribution in [-0.2, 0) is 32.2 Å². The number of nitrogens with one attached hydrogen (secondary N) is 1. The molecule has 8 heteroatoms. The zero-order chi connectivity index (χ0) is 18.1. The Balaban J connectivity index is 1.48. The summed E-state index contributed by atoms with van der Waals surface area (Å²) in [5.41, 5.74) is 1.86. The van der Waals surface area contributed by atoms with Crippen LogP contribution in [0.25, 0.3) is 0 Å². The van der Waals surface area contributed by atoms with Crippen LogP contribution in [0.4, 0.5) is 0 Å². The zero-order valence-electron chi connectivity index (χ0n) is 14.0. The molecule has 0 fully saturated rings. The van der Waals surface area contributed by atoms with E-state index in [0.29, 0.717) is 29.3 Å². The molecule has 1 N–H and O–H groups in total. The summed E-state index contributed by atoms with van der Waals surface area (Å²) in [6, 6.07) is 7.58. The summed E-state index contributed by atoms with van der Waals surface area (Å²) < 4.78 is 6.34. The summed E-state index contributed by atoms with van der Waals surface area (Å²) in [5, 5.41) is 4.63. The third-order valence-electron chi connectivity index (χ3n) is 4.58. The molecule has 134 valence electrons. The fraction of sp³-hybridized carbons (Fsp3) is 0.333. The van der Waals surface area contributed by atoms with E-state index in [1.165, 1.54) is 0 Å². The highest BCUT2D eigenvalue weighted by atomic mass is 35.5. The molecule has 1 aliphatic rings. The predicted molar refractivity (Wildman–Crippen MR) is 95.6 cm³/mol. The number of rotatable bonds is 5. The van der Waals surface area contributed by atoms with Gasteiger partial charge in [-0.3, -0.25) is 9.36 Å². The Morgan fingerprint density at radius 1 is 1.15 bits per heavy atom. The van der Waals surface area contributed by atoms with Gasteiger partial charge < -0.3 is 9.51 Å². The number of nitrogens with zero attached hydrogens (tertiary/aromatic N) is 3. The van der Waals surface area contributed by atoms with Gasteiger partial charge in [-0.25, -0.2) is 4.79 Å². The quantitative estimate of drug-likeness (QED) is 0.738. The molecule has 1 aliphatic carbocycles. The van der Waals surface area contributed by atoms with Crippen molar-refractivity contribution in [3.8, 4) is 0 Å². The summed E-state index contributed by atoms with van der Waals surface area (Å²) >= 11 is 5.87. The van der Waals surface area contributed by atoms with E-state index in [1.807, 2.05) is 24.3 Å². The normalized spacial score (nSPS) is 13.1. The number of hydrogen-bond donors (Lipinski definition) is 1. The summed E-state index contributed by atoms with van der Waals surface area (Å²) in [7, 11) is 0. The average Bonchev–Trinajstić information content (AvgIpc) is 3.27. The van der Waals surface area contributed by atoms with Crippen molar-refractivity contribution in [1.29, 1.82) is 0 Å². The van der Waals surface area contributed by atoms with Crippen LogP contribution in [0.5, 0.6) is 0 Å². The van der Waals surface area contributed by atoms with Crippen LogP contribution in [-0.4, -0.2) is 19.7 Å². The van der Waals surface area contributed by atoms with Crippen LogP contribution < -0.4 is 11.2 Å². The molecule has 0 unspecified atom stereocenters. The molecule has 7 nitrogen and oxygen atoms in total. The van der Waals surface area contributed by atoms with Gasteiger partial charge in [0.1, 0.15) is 6.54 Å². The molecule has 1 aromatic carbocycles. The van der Waals surface area contributed by atoms with E-state index >= 15 is 0 Å². The van der Waals surface area contributed by atoms with Crippen LogP contribution >= 0.6 is 11.6 Å². The minimum Gasteiger partial charge on any atom is -0.337 e. The van der Waals surface area contributed by atoms with Crippen molar-refractivity contribution in [3.05, 3.63) is 78.7 Å². The topological polar surface area (TPSA) is 93.8 Å². The number of aromatic amines is 1. The number of benzene rings is 1. The van der Waals surface area contributed by atoms with E-state index in [1.54, 1.807) is 0 Å². The molecule has 3 aromatic rings. The first kappa shape index (κ1) is 16.8. The number of aryl methyl sites for hydroxylation is 3. The van der Waals surface area contributed by atoms with Crippen molar-refractivity contribution in [3.63, 3.8) is 0 Å². The SMILES string of the molecule is O=c1[nH]c2c(c(=O)n1Cc1nc(CCc3ccc(Cl)cc3)no1)CCC2. The minimum atomic E-state index is -0.434. The lowest BCUT2D eigenvalue weighted by Crippen LogP contribution is -2.37. The third kappa shape index (κ3) is 3.35. The van der Waals surface area contributed by atoms with Crippen molar-refractivity contribution in [2.24, 2.45) is 0 Å². The Morgan fingerprint density at radius 2 is 1.96 bits per heavy atom. The second-order valence-corrected chi connectivity index (χ2v) is 6.80. The molecule has 26 heavy (non-hydrogen) atoms. The molecular weight excluding hydrogens is 356 g/mol. The lowest BCUT2D eigenvalue weighted by Gasteiger charge is -2.04. The van der Waals surface area contributed by atoms with Crippen molar-refractivity contribution < 1.29 is 4.52 Å². The summed E-state index contributed by atoms with van der Waals surface area (Å²) in [6.07, 6.45) is 3.67. The maximum Gasteiger partial charge on any atom is 0.329 e. The first-order valence-corrected chi connectivity index (χ1v) is 8.89. The van der Waals surface area contributed by atoms with Gasteiger partial charge in [0, 0.05) is 22.7 Å². The molecule has 0 saturated heterocycles. The van der Waals surface area contributed by atoms with Crippen molar-refractivity contribution in [1.82, 2.24) is 19.7 Å². The van der Waals surface area contributed by atoms with Gasteiger partial charge in [0.2, 0.25) is 5.89 Å². The lowest BCUT2D eigenvalue weighted by atomic mass is 10.1. The fourth-order valence-electron chi connectivity index (χ4n) is 3.21. The van der Waals surface area contributed by atoms with E-state index in [4.69, 9.17) is 16.1 Å². The van der Waals surface area contributed by atoms with Crippen molar-refractivity contribution in [2.45, 2.75) is 38.6 Å². The van der Waals surface area contributed by atoms with E-state index in [0.717, 1.165) is 35.1 Å². The van der Waals surface area contributed by atoms with Crippen molar-refractivity contribution >= 4 is 11.6 Å². The van der Waals surface area contributed by atoms with Crippen LogP contribution in [0.3, 0.4) is 0 Å². The van der Waals surface area contributed by atoms with Gasteiger partial charge in [-0.1, -0.05) is 28.9 Å². The lowest BCUT2D eigenvalue weighted by molar-refractivity contribution is 0.362. The fourth-order valence-corrected chi connectivity index (χ4v) is 3.34. The van der Waals surface area contributed by atoms with Gasteiger partial charge in [-0.15, -0.1) is 0 Å². The molecule has 0 amide bonds. The Morgan fingerprint density at radius 3 is 2.77 bits per heavy atom. The van der Waals surface area contributed by atoms with Gasteiger partial charge >= 0.3 is 5.69 Å². The van der Waals surface area contributed by atoms with Crippen LogP contribution in [0.2, 0.25) is 5.02 Å². The van der Waals surface area contributed by atoms with E-state index in [9.17, 15) is 9.59 Å². The Labute approximate surface area is 153 Å². The molecule has 0 atom stereocenters. The second-order valence-electron chi connectivity index (χ2n) is 6.36. The Bertz CT molecular complexity index is 1050. The minimum absolute atomic E-state index is 0.0185. The smallest absolute Gasteiger partial charge is 0.329 e. The second kappa shape index (κ2) is 6.92. The van der Waals surface area contributed by atoms with Gasteiger partial charge in [-0.2, -0.15) is 4.98 Å². The van der Waals surface area contributed by atoms with E-state index in [-0.39, 0.29) is 18.0 Å². The molecule has 2 heterocycles. The zero-order valence-corrected chi connectivity index (χ0v) is 14.8. The number of H-pyrrole nitrogens is 1. The first-order chi connectivity index (χ1) is 12.6. The van der Waals surface area contributed by atoms with Crippen LogP contribution in [0.15, 0.2) is 38.4 Å². The summed E-state index contributed by atoms with van der Waals surface area (Å²) in [6.45, 7) is -0.0185. The molecule has 0 radical (unpaired) electrons. The third-order valence-corrected chi connectivity index (χ3v) is 4.83. The standard InChI is InChI=1S/C18H17ClN4O3/c19-12-7-4-11(5-8-12)6-9-15-21-16(26-22-15)10-23-17(24)13-2-1-3-14(13)20-18(23)25/h4-5,7-8H,1-3,6,9-10H2,(H,20,25). The number of fused-ring (bicyclic) bond motifs is 1. The maximum atomic E-state index is 12.5. The molecule has 0 aliphatic heterocycles. The van der Waals surface area contributed by atoms with E-state index in [2.05, 4.69) is 15.1 Å². The average molecular weight is 373 g/mol. The monoisotopic (exact) mass is 372 g/mol. The van der Waals surface area contributed by atoms with E-state index < -0.39 is 5.69 Å². The predicted octanol–water partition coefficient (Wildman–Crippen LogP) is 1.90. The summed E-state index contributed by atoms with van der Waals surface area (Å²) in [5.74, 6) is 0.794. The highest BCUT2D eigenvalue weighted by Crippen LogP contribution is 2.14. The molecule has 0 spiro atoms. The first-order valence-electron chi connectivity index (χ1n) is 8.51. The van der Waals surface area contributed by atoms with Gasteiger partial charge in [-0.05, 0) is 43.4 Å². The van der Waals surface area contributed by atoms with Gasteiger partial charge in [0.25, 0.3) is 5.56 Å². The highest BCUT2D eigenvalue weighted by Gasteiger charge is 2.20.